The van der Waals surface area contributed by atoms with Crippen molar-refractivity contribution in [3.63, 3.8) is 0 Å². The maximum atomic E-state index is 11.3. The minimum absolute atomic E-state index is 0.00966. The highest BCUT2D eigenvalue weighted by molar-refractivity contribution is 5.58. The molecule has 108 valence electrons. The first-order chi connectivity index (χ1) is 9.39. The Morgan fingerprint density at radius 3 is 2.45 bits per heavy atom. The molecule has 0 aliphatic heterocycles. The Hall–Kier alpha value is -1.37. The van der Waals surface area contributed by atoms with Crippen LogP contribution in [-0.2, 0) is 4.79 Å². The molecule has 0 radical (unpaired) electrons. The van der Waals surface area contributed by atoms with Gasteiger partial charge < -0.3 is 4.79 Å². The summed E-state index contributed by atoms with van der Waals surface area (Å²) in [4.78, 5) is 11.3. The number of carbonyl (C=O) groups is 1. The third-order valence-corrected chi connectivity index (χ3v) is 4.91. The van der Waals surface area contributed by atoms with Gasteiger partial charge in [-0.1, -0.05) is 55.9 Å². The van der Waals surface area contributed by atoms with Gasteiger partial charge in [-0.2, -0.15) is 0 Å². The van der Waals surface area contributed by atoms with E-state index in [4.69, 9.17) is 0 Å². The molecule has 2 rings (SSSR count). The second kappa shape index (κ2) is 5.55. The lowest BCUT2D eigenvalue weighted by Crippen LogP contribution is -2.31. The summed E-state index contributed by atoms with van der Waals surface area (Å²) in [7, 11) is 0. The monoisotopic (exact) mass is 270 g/mol. The van der Waals surface area contributed by atoms with E-state index in [-0.39, 0.29) is 16.7 Å². The summed E-state index contributed by atoms with van der Waals surface area (Å²) >= 11 is 0. The molecule has 1 heteroatoms. The lowest BCUT2D eigenvalue weighted by molar-refractivity contribution is -0.113. The Morgan fingerprint density at radius 1 is 1.20 bits per heavy atom. The van der Waals surface area contributed by atoms with Crippen LogP contribution >= 0.6 is 0 Å². The molecule has 1 nitrogen and oxygen atoms in total. The number of hydrogen-bond donors (Lipinski definition) is 0. The third kappa shape index (κ3) is 2.87. The first-order valence-electron chi connectivity index (χ1n) is 7.59. The van der Waals surface area contributed by atoms with Gasteiger partial charge in [-0.15, -0.1) is 0 Å². The van der Waals surface area contributed by atoms with Crippen LogP contribution in [0.1, 0.15) is 47.0 Å². The molecule has 0 aromatic rings. The molecule has 2 aliphatic rings. The maximum absolute atomic E-state index is 11.3. The van der Waals surface area contributed by atoms with Crippen molar-refractivity contribution in [2.24, 2.45) is 16.7 Å². The third-order valence-electron chi connectivity index (χ3n) is 4.91. The van der Waals surface area contributed by atoms with E-state index < -0.39 is 0 Å². The highest BCUT2D eigenvalue weighted by Gasteiger charge is 2.36. The van der Waals surface area contributed by atoms with Gasteiger partial charge in [0.2, 0.25) is 0 Å². The number of rotatable bonds is 3. The Morgan fingerprint density at radius 2 is 1.85 bits per heavy atom. The second-order valence-electron chi connectivity index (χ2n) is 6.94. The zero-order valence-corrected chi connectivity index (χ0v) is 13.1. The quantitative estimate of drug-likeness (QED) is 0.520. The molecule has 0 heterocycles. The summed E-state index contributed by atoms with van der Waals surface area (Å²) in [6.07, 6.45) is 17.7. The highest BCUT2D eigenvalue weighted by atomic mass is 16.1. The minimum Gasteiger partial charge on any atom is -0.303 e. The molecule has 0 fully saturated rings. The van der Waals surface area contributed by atoms with E-state index >= 15 is 0 Å². The molecule has 1 atom stereocenters. The van der Waals surface area contributed by atoms with Gasteiger partial charge in [0.1, 0.15) is 6.29 Å². The van der Waals surface area contributed by atoms with Gasteiger partial charge in [0.25, 0.3) is 0 Å². The first-order valence-corrected chi connectivity index (χ1v) is 7.59. The van der Waals surface area contributed by atoms with Crippen LogP contribution in [0.15, 0.2) is 47.6 Å². The van der Waals surface area contributed by atoms with E-state index in [0.717, 1.165) is 25.5 Å². The van der Waals surface area contributed by atoms with Crippen molar-refractivity contribution in [3.8, 4) is 0 Å². The number of allylic oxidation sites excluding steroid dienone is 8. The van der Waals surface area contributed by atoms with Crippen LogP contribution in [0.4, 0.5) is 0 Å². The van der Waals surface area contributed by atoms with Crippen molar-refractivity contribution in [1.29, 1.82) is 0 Å². The van der Waals surface area contributed by atoms with Crippen LogP contribution in [-0.4, -0.2) is 6.29 Å². The van der Waals surface area contributed by atoms with Gasteiger partial charge in [0.05, 0.1) is 0 Å². The van der Waals surface area contributed by atoms with Crippen molar-refractivity contribution >= 4 is 6.29 Å². The van der Waals surface area contributed by atoms with Crippen molar-refractivity contribution in [2.45, 2.75) is 47.0 Å². The first kappa shape index (κ1) is 15.0. The summed E-state index contributed by atoms with van der Waals surface area (Å²) < 4.78 is 0. The van der Waals surface area contributed by atoms with E-state index in [1.807, 2.05) is 0 Å². The topological polar surface area (TPSA) is 17.1 Å². The smallest absolute Gasteiger partial charge is 0.123 e. The number of hydrogen-bond acceptors (Lipinski definition) is 1. The van der Waals surface area contributed by atoms with Crippen molar-refractivity contribution in [2.75, 3.05) is 0 Å². The predicted octanol–water partition coefficient (Wildman–Crippen LogP) is 5.02. The molecule has 0 saturated carbocycles. The molecule has 0 bridgehead atoms. The number of aldehydes is 1. The van der Waals surface area contributed by atoms with Gasteiger partial charge in [-0.3, -0.25) is 0 Å². The molecule has 1 unspecified atom stereocenters. The molecule has 0 spiro atoms. The average Bonchev–Trinajstić information content (AvgIpc) is 2.38. The SMILES string of the molecule is CC1=C(/C=C\C2(C)C=CCC=C2)C(C)(C)C(C=O)CC1. The predicted molar refractivity (Wildman–Crippen MR) is 85.4 cm³/mol. The molecule has 0 N–H and O–H groups in total. The fourth-order valence-electron chi connectivity index (χ4n) is 3.36. The van der Waals surface area contributed by atoms with E-state index in [1.54, 1.807) is 0 Å². The van der Waals surface area contributed by atoms with Crippen LogP contribution in [0.3, 0.4) is 0 Å². The summed E-state index contributed by atoms with van der Waals surface area (Å²) in [5.41, 5.74) is 2.72. The zero-order valence-electron chi connectivity index (χ0n) is 13.1. The molecule has 0 aromatic carbocycles. The average molecular weight is 270 g/mol. The summed E-state index contributed by atoms with van der Waals surface area (Å²) in [5.74, 6) is 0.135. The maximum Gasteiger partial charge on any atom is 0.123 e. The molecule has 0 aromatic heterocycles. The Labute approximate surface area is 123 Å². The van der Waals surface area contributed by atoms with E-state index in [9.17, 15) is 4.79 Å². The van der Waals surface area contributed by atoms with Crippen LogP contribution in [0.25, 0.3) is 0 Å². The van der Waals surface area contributed by atoms with Crippen LogP contribution < -0.4 is 0 Å². The van der Waals surface area contributed by atoms with Gasteiger partial charge in [0.15, 0.2) is 0 Å². The largest absolute Gasteiger partial charge is 0.303 e. The van der Waals surface area contributed by atoms with Crippen molar-refractivity contribution < 1.29 is 4.79 Å². The molecular weight excluding hydrogens is 244 g/mol. The van der Waals surface area contributed by atoms with Crippen LogP contribution in [0.2, 0.25) is 0 Å². The van der Waals surface area contributed by atoms with Gasteiger partial charge >= 0.3 is 0 Å². The Kier molecular flexibility index (Phi) is 4.17. The molecular formula is C19H26O. The van der Waals surface area contributed by atoms with E-state index in [2.05, 4.69) is 64.2 Å². The second-order valence-corrected chi connectivity index (χ2v) is 6.94. The van der Waals surface area contributed by atoms with Crippen molar-refractivity contribution in [3.05, 3.63) is 47.6 Å². The Balaban J connectivity index is 2.30. The van der Waals surface area contributed by atoms with Gasteiger partial charge in [-0.25, -0.2) is 0 Å². The molecule has 0 amide bonds. The fraction of sp³-hybridized carbons (Fsp3) is 0.526. The standard InChI is InChI=1S/C19H26O/c1-15-8-9-16(14-20)18(2,3)17(15)10-13-19(4)11-6-5-7-12-19/h6-7,10-14,16H,5,8-9H2,1-4H3/b13-10-. The minimum atomic E-state index is -0.0565. The normalized spacial score (nSPS) is 28.1. The molecule has 0 saturated heterocycles. The van der Waals surface area contributed by atoms with Gasteiger partial charge in [-0.05, 0) is 44.1 Å². The van der Waals surface area contributed by atoms with E-state index in [0.29, 0.717) is 0 Å². The Bertz CT molecular complexity index is 488. The van der Waals surface area contributed by atoms with Crippen molar-refractivity contribution in [1.82, 2.24) is 0 Å². The van der Waals surface area contributed by atoms with E-state index in [1.165, 1.54) is 11.1 Å². The highest BCUT2D eigenvalue weighted by Crippen LogP contribution is 2.44. The fourth-order valence-corrected chi connectivity index (χ4v) is 3.36. The lowest BCUT2D eigenvalue weighted by Gasteiger charge is -2.38. The molecule has 2 aliphatic carbocycles. The number of carbonyl (C=O) groups excluding carboxylic acids is 1. The van der Waals surface area contributed by atoms with Gasteiger partial charge in [0, 0.05) is 11.3 Å². The summed E-state index contributed by atoms with van der Waals surface area (Å²) in [5, 5.41) is 0. The summed E-state index contributed by atoms with van der Waals surface area (Å²) in [6.45, 7) is 8.82. The van der Waals surface area contributed by atoms with Crippen LogP contribution in [0, 0.1) is 16.7 Å². The van der Waals surface area contributed by atoms with Crippen LogP contribution in [0.5, 0.6) is 0 Å². The summed E-state index contributed by atoms with van der Waals surface area (Å²) in [6, 6.07) is 0. The molecule has 20 heavy (non-hydrogen) atoms. The zero-order chi connectivity index (χ0) is 14.8. The lowest BCUT2D eigenvalue weighted by atomic mass is 9.65.